The van der Waals surface area contributed by atoms with Crippen LogP contribution in [0.1, 0.15) is 31.7 Å². The molecule has 0 aliphatic carbocycles. The van der Waals surface area contributed by atoms with Crippen molar-refractivity contribution in [3.8, 4) is 0 Å². The van der Waals surface area contributed by atoms with Gasteiger partial charge in [0.25, 0.3) is 0 Å². The Kier molecular flexibility index (Phi) is 4.17. The number of piperidine rings is 1. The van der Waals surface area contributed by atoms with E-state index >= 15 is 0 Å². The van der Waals surface area contributed by atoms with E-state index < -0.39 is 5.54 Å². The summed E-state index contributed by atoms with van der Waals surface area (Å²) in [6.07, 6.45) is 3.14. The minimum absolute atomic E-state index is 0.0687. The molecule has 1 saturated heterocycles. The van der Waals surface area contributed by atoms with Crippen molar-refractivity contribution >= 4 is 21.7 Å². The zero-order chi connectivity index (χ0) is 13.2. The highest BCUT2D eigenvalue weighted by Gasteiger charge is 2.33. The summed E-state index contributed by atoms with van der Waals surface area (Å²) >= 11 is 3.30. The lowest BCUT2D eigenvalue weighted by Crippen LogP contribution is -2.52. The van der Waals surface area contributed by atoms with E-state index in [-0.39, 0.29) is 18.0 Å². The third-order valence-electron chi connectivity index (χ3n) is 3.59. The highest BCUT2D eigenvalue weighted by molar-refractivity contribution is 9.10. The first-order valence-corrected chi connectivity index (χ1v) is 7.03. The Morgan fingerprint density at radius 2 is 2.28 bits per heavy atom. The van der Waals surface area contributed by atoms with Gasteiger partial charge >= 0.3 is 0 Å². The zero-order valence-electron chi connectivity index (χ0n) is 10.4. The van der Waals surface area contributed by atoms with Crippen LogP contribution in [0.3, 0.4) is 0 Å². The minimum Gasteiger partial charge on any atom is -0.305 e. The smallest absolute Gasteiger partial charge is 0.157 e. The van der Waals surface area contributed by atoms with Crippen molar-refractivity contribution < 1.29 is 9.18 Å². The summed E-state index contributed by atoms with van der Waals surface area (Å²) in [5.41, 5.74) is -0.0320. The van der Waals surface area contributed by atoms with Crippen molar-refractivity contribution in [1.29, 1.82) is 0 Å². The molecule has 0 spiro atoms. The lowest BCUT2D eigenvalue weighted by molar-refractivity contribution is -0.125. The number of carbonyl (C=O) groups is 1. The summed E-state index contributed by atoms with van der Waals surface area (Å²) in [4.78, 5) is 12.3. The maximum Gasteiger partial charge on any atom is 0.157 e. The Balaban J connectivity index is 2.13. The number of hydrogen-bond donors (Lipinski definition) is 1. The van der Waals surface area contributed by atoms with E-state index in [0.29, 0.717) is 5.56 Å². The van der Waals surface area contributed by atoms with Gasteiger partial charge in [-0.15, -0.1) is 0 Å². The standard InChI is InChI=1S/C14H17BrFNO/c1-14(6-2-3-7-17-14)13(18)9-10-8-11(15)4-5-12(10)16/h4-5,8,17H,2-3,6-7,9H2,1H3. The van der Waals surface area contributed by atoms with E-state index in [1.807, 2.05) is 6.92 Å². The van der Waals surface area contributed by atoms with Crippen molar-refractivity contribution in [3.63, 3.8) is 0 Å². The van der Waals surface area contributed by atoms with Gasteiger partial charge in [0.15, 0.2) is 5.78 Å². The van der Waals surface area contributed by atoms with Gasteiger partial charge < -0.3 is 5.32 Å². The number of ketones is 1. The van der Waals surface area contributed by atoms with Crippen LogP contribution in [0.25, 0.3) is 0 Å². The maximum atomic E-state index is 13.6. The summed E-state index contributed by atoms with van der Waals surface area (Å²) in [6, 6.07) is 4.71. The number of benzene rings is 1. The molecule has 18 heavy (non-hydrogen) atoms. The van der Waals surface area contributed by atoms with E-state index in [0.717, 1.165) is 30.3 Å². The van der Waals surface area contributed by atoms with E-state index in [1.54, 1.807) is 12.1 Å². The molecule has 2 rings (SSSR count). The van der Waals surface area contributed by atoms with Gasteiger partial charge in [0, 0.05) is 10.9 Å². The van der Waals surface area contributed by atoms with Crippen LogP contribution in [0, 0.1) is 5.82 Å². The summed E-state index contributed by atoms with van der Waals surface area (Å²) in [5, 5.41) is 3.27. The van der Waals surface area contributed by atoms with Gasteiger partial charge in [0.1, 0.15) is 5.82 Å². The summed E-state index contributed by atoms with van der Waals surface area (Å²) in [6.45, 7) is 2.79. The molecule has 2 nitrogen and oxygen atoms in total. The first-order valence-electron chi connectivity index (χ1n) is 6.23. The van der Waals surface area contributed by atoms with Crippen LogP contribution < -0.4 is 5.32 Å². The summed E-state index contributed by atoms with van der Waals surface area (Å²) in [5.74, 6) is -0.245. The molecule has 0 radical (unpaired) electrons. The Hall–Kier alpha value is -0.740. The van der Waals surface area contributed by atoms with Gasteiger partial charge in [-0.3, -0.25) is 4.79 Å². The van der Waals surface area contributed by atoms with E-state index in [9.17, 15) is 9.18 Å². The highest BCUT2D eigenvalue weighted by Crippen LogP contribution is 2.23. The quantitative estimate of drug-likeness (QED) is 0.928. The fraction of sp³-hybridized carbons (Fsp3) is 0.500. The average Bonchev–Trinajstić information content (AvgIpc) is 2.35. The fourth-order valence-electron chi connectivity index (χ4n) is 2.34. The van der Waals surface area contributed by atoms with Gasteiger partial charge in [-0.2, -0.15) is 0 Å². The predicted octanol–water partition coefficient (Wildman–Crippen LogP) is 3.23. The molecule has 1 aliphatic heterocycles. The molecule has 0 bridgehead atoms. The number of halogens is 2. The number of Topliss-reactive ketones (excluding diaryl/α,β-unsaturated/α-hetero) is 1. The van der Waals surface area contributed by atoms with Gasteiger partial charge in [-0.25, -0.2) is 4.39 Å². The van der Waals surface area contributed by atoms with Crippen LogP contribution in [-0.2, 0) is 11.2 Å². The van der Waals surface area contributed by atoms with E-state index in [4.69, 9.17) is 0 Å². The second kappa shape index (κ2) is 5.49. The molecule has 1 aromatic rings. The molecule has 0 aromatic heterocycles. The van der Waals surface area contributed by atoms with Crippen molar-refractivity contribution in [2.75, 3.05) is 6.54 Å². The number of rotatable bonds is 3. The molecule has 1 aromatic carbocycles. The largest absolute Gasteiger partial charge is 0.305 e. The number of nitrogens with one attached hydrogen (secondary N) is 1. The Bertz CT molecular complexity index is 455. The molecule has 0 saturated carbocycles. The fourth-order valence-corrected chi connectivity index (χ4v) is 2.75. The predicted molar refractivity (Wildman–Crippen MR) is 73.1 cm³/mol. The molecule has 1 atom stereocenters. The zero-order valence-corrected chi connectivity index (χ0v) is 12.0. The number of carbonyl (C=O) groups excluding carboxylic acids is 1. The summed E-state index contributed by atoms with van der Waals surface area (Å²) in [7, 11) is 0. The third kappa shape index (κ3) is 2.98. The lowest BCUT2D eigenvalue weighted by atomic mass is 9.84. The van der Waals surface area contributed by atoms with Crippen molar-refractivity contribution in [3.05, 3.63) is 34.1 Å². The van der Waals surface area contributed by atoms with Crippen LogP contribution in [0.2, 0.25) is 0 Å². The monoisotopic (exact) mass is 313 g/mol. The van der Waals surface area contributed by atoms with Gasteiger partial charge in [-0.05, 0) is 56.5 Å². The Morgan fingerprint density at radius 1 is 1.50 bits per heavy atom. The van der Waals surface area contributed by atoms with Crippen LogP contribution in [0.15, 0.2) is 22.7 Å². The van der Waals surface area contributed by atoms with Gasteiger partial charge in [0.2, 0.25) is 0 Å². The first-order chi connectivity index (χ1) is 8.51. The van der Waals surface area contributed by atoms with Gasteiger partial charge in [0.05, 0.1) is 5.54 Å². The van der Waals surface area contributed by atoms with Crippen LogP contribution >= 0.6 is 15.9 Å². The van der Waals surface area contributed by atoms with Crippen molar-refractivity contribution in [2.24, 2.45) is 0 Å². The van der Waals surface area contributed by atoms with E-state index in [1.165, 1.54) is 6.07 Å². The SMILES string of the molecule is CC1(C(=O)Cc2cc(Br)ccc2F)CCCCN1. The lowest BCUT2D eigenvalue weighted by Gasteiger charge is -2.33. The average molecular weight is 314 g/mol. The molecule has 0 amide bonds. The van der Waals surface area contributed by atoms with E-state index in [2.05, 4.69) is 21.2 Å². The van der Waals surface area contributed by atoms with Crippen molar-refractivity contribution in [2.45, 2.75) is 38.1 Å². The highest BCUT2D eigenvalue weighted by atomic mass is 79.9. The normalized spacial score (nSPS) is 23.9. The van der Waals surface area contributed by atoms with Crippen LogP contribution in [-0.4, -0.2) is 17.9 Å². The minimum atomic E-state index is -0.493. The second-order valence-corrected chi connectivity index (χ2v) is 5.97. The van der Waals surface area contributed by atoms with Crippen LogP contribution in [0.5, 0.6) is 0 Å². The van der Waals surface area contributed by atoms with Crippen LogP contribution in [0.4, 0.5) is 4.39 Å². The Morgan fingerprint density at radius 3 is 2.94 bits per heavy atom. The molecule has 1 heterocycles. The maximum absolute atomic E-state index is 13.6. The Labute approximate surface area is 115 Å². The van der Waals surface area contributed by atoms with Crippen molar-refractivity contribution in [1.82, 2.24) is 5.32 Å². The molecule has 1 unspecified atom stereocenters. The first kappa shape index (κ1) is 13.7. The summed E-state index contributed by atoms with van der Waals surface area (Å²) < 4.78 is 14.4. The third-order valence-corrected chi connectivity index (χ3v) is 4.09. The molecule has 1 fully saturated rings. The number of hydrogen-bond acceptors (Lipinski definition) is 2. The topological polar surface area (TPSA) is 29.1 Å². The molecular weight excluding hydrogens is 297 g/mol. The molecular formula is C14H17BrFNO. The van der Waals surface area contributed by atoms with Gasteiger partial charge in [-0.1, -0.05) is 15.9 Å². The molecule has 4 heteroatoms. The molecule has 98 valence electrons. The molecule has 1 N–H and O–H groups in total. The second-order valence-electron chi connectivity index (χ2n) is 5.05. The molecule has 1 aliphatic rings.